The molecule has 16 heavy (non-hydrogen) atoms. The summed E-state index contributed by atoms with van der Waals surface area (Å²) < 4.78 is 11.4. The Balaban J connectivity index is 2.98. The number of hydrogen-bond acceptors (Lipinski definition) is 3. The average molecular weight is 288 g/mol. The number of benzene rings is 1. The minimum Gasteiger partial charge on any atom is -0.496 e. The normalized spacial score (nSPS) is 10.5. The fourth-order valence-electron chi connectivity index (χ4n) is 1.61. The van der Waals surface area contributed by atoms with E-state index in [-0.39, 0.29) is 0 Å². The van der Waals surface area contributed by atoms with E-state index in [1.165, 1.54) is 5.56 Å². The quantitative estimate of drug-likeness (QED) is 0.874. The maximum Gasteiger partial charge on any atom is 0.133 e. The van der Waals surface area contributed by atoms with E-state index >= 15 is 0 Å². The number of ether oxygens (including phenoxy) is 2. The molecule has 0 atom stereocenters. The molecule has 2 N–H and O–H groups in total. The Morgan fingerprint density at radius 3 is 2.56 bits per heavy atom. The monoisotopic (exact) mass is 287 g/mol. The lowest BCUT2D eigenvalue weighted by Gasteiger charge is -2.12. The Bertz CT molecular complexity index is 342. The Morgan fingerprint density at radius 2 is 2.00 bits per heavy atom. The molecule has 0 unspecified atom stereocenters. The van der Waals surface area contributed by atoms with E-state index in [9.17, 15) is 0 Å². The van der Waals surface area contributed by atoms with Crippen molar-refractivity contribution in [1.29, 1.82) is 0 Å². The highest BCUT2D eigenvalue weighted by Crippen LogP contribution is 2.29. The van der Waals surface area contributed by atoms with E-state index in [0.29, 0.717) is 13.2 Å². The fraction of sp³-hybridized carbons (Fsp3) is 0.500. The molecular formula is C12H18BrNO2. The first-order valence-corrected chi connectivity index (χ1v) is 6.06. The van der Waals surface area contributed by atoms with Gasteiger partial charge in [-0.3, -0.25) is 0 Å². The van der Waals surface area contributed by atoms with Crippen molar-refractivity contribution in [2.45, 2.75) is 19.4 Å². The molecular weight excluding hydrogens is 270 g/mol. The lowest BCUT2D eigenvalue weighted by Crippen LogP contribution is -2.03. The molecule has 0 spiro atoms. The summed E-state index contributed by atoms with van der Waals surface area (Å²) in [5, 5.41) is 0. The van der Waals surface area contributed by atoms with Crippen molar-refractivity contribution in [3.63, 3.8) is 0 Å². The summed E-state index contributed by atoms with van der Waals surface area (Å²) in [4.78, 5) is 0. The third kappa shape index (κ3) is 3.47. The number of hydrogen-bond donors (Lipinski definition) is 1. The first kappa shape index (κ1) is 13.5. The molecule has 1 aromatic rings. The van der Waals surface area contributed by atoms with E-state index in [1.54, 1.807) is 14.2 Å². The maximum absolute atomic E-state index is 5.53. The molecule has 3 nitrogen and oxygen atoms in total. The van der Waals surface area contributed by atoms with Gasteiger partial charge in [0.15, 0.2) is 0 Å². The molecule has 90 valence electrons. The Morgan fingerprint density at radius 1 is 1.25 bits per heavy atom. The predicted molar refractivity (Wildman–Crippen MR) is 68.8 cm³/mol. The first-order valence-electron chi connectivity index (χ1n) is 5.27. The highest BCUT2D eigenvalue weighted by atomic mass is 79.9. The van der Waals surface area contributed by atoms with Crippen molar-refractivity contribution in [1.82, 2.24) is 0 Å². The van der Waals surface area contributed by atoms with Crippen LogP contribution in [0.3, 0.4) is 0 Å². The molecule has 0 saturated carbocycles. The molecule has 1 rings (SSSR count). The SMILES string of the molecule is COCc1cc(OC)c(Br)cc1CCCN. The third-order valence-electron chi connectivity index (χ3n) is 2.42. The van der Waals surface area contributed by atoms with Crippen LogP contribution < -0.4 is 10.5 Å². The van der Waals surface area contributed by atoms with Crippen LogP contribution in [0.15, 0.2) is 16.6 Å². The number of halogens is 1. The summed E-state index contributed by atoms with van der Waals surface area (Å²) in [5.74, 6) is 0.837. The highest BCUT2D eigenvalue weighted by Gasteiger charge is 2.08. The summed E-state index contributed by atoms with van der Waals surface area (Å²) in [6, 6.07) is 4.10. The second-order valence-corrected chi connectivity index (χ2v) is 4.44. The van der Waals surface area contributed by atoms with Crippen LogP contribution in [0.25, 0.3) is 0 Å². The van der Waals surface area contributed by atoms with Crippen LogP contribution in [-0.4, -0.2) is 20.8 Å². The van der Waals surface area contributed by atoms with E-state index in [1.807, 2.05) is 6.07 Å². The van der Waals surface area contributed by atoms with Gasteiger partial charge in [-0.05, 0) is 58.6 Å². The second kappa shape index (κ2) is 6.89. The standard InChI is InChI=1S/C12H18BrNO2/c1-15-8-10-7-12(16-2)11(13)6-9(10)4-3-5-14/h6-7H,3-5,8,14H2,1-2H3. The molecule has 0 aliphatic rings. The molecule has 0 radical (unpaired) electrons. The van der Waals surface area contributed by atoms with Gasteiger partial charge in [0, 0.05) is 7.11 Å². The van der Waals surface area contributed by atoms with Gasteiger partial charge in [-0.1, -0.05) is 0 Å². The molecule has 0 bridgehead atoms. The van der Waals surface area contributed by atoms with E-state index < -0.39 is 0 Å². The Kier molecular flexibility index (Phi) is 5.80. The lowest BCUT2D eigenvalue weighted by atomic mass is 10.0. The Hall–Kier alpha value is -0.580. The van der Waals surface area contributed by atoms with Crippen LogP contribution in [0.1, 0.15) is 17.5 Å². The Labute approximate surface area is 105 Å². The molecule has 0 heterocycles. The summed E-state index contributed by atoms with van der Waals surface area (Å²) >= 11 is 3.49. The van der Waals surface area contributed by atoms with Crippen molar-refractivity contribution < 1.29 is 9.47 Å². The van der Waals surface area contributed by atoms with Crippen molar-refractivity contribution in [3.8, 4) is 5.75 Å². The predicted octanol–water partition coefficient (Wildman–Crippen LogP) is 2.50. The van der Waals surface area contributed by atoms with Crippen LogP contribution in [0, 0.1) is 0 Å². The number of methoxy groups -OCH3 is 2. The molecule has 1 aromatic carbocycles. The van der Waals surface area contributed by atoms with Crippen molar-refractivity contribution in [3.05, 3.63) is 27.7 Å². The summed E-state index contributed by atoms with van der Waals surface area (Å²) in [5.41, 5.74) is 7.95. The summed E-state index contributed by atoms with van der Waals surface area (Å²) in [7, 11) is 3.36. The smallest absolute Gasteiger partial charge is 0.133 e. The van der Waals surface area contributed by atoms with Crippen LogP contribution in [-0.2, 0) is 17.8 Å². The van der Waals surface area contributed by atoms with Crippen LogP contribution in [0.4, 0.5) is 0 Å². The van der Waals surface area contributed by atoms with Gasteiger partial charge < -0.3 is 15.2 Å². The van der Waals surface area contributed by atoms with Gasteiger partial charge >= 0.3 is 0 Å². The van der Waals surface area contributed by atoms with Crippen LogP contribution >= 0.6 is 15.9 Å². The molecule has 0 aliphatic carbocycles. The number of rotatable bonds is 6. The zero-order valence-corrected chi connectivity index (χ0v) is 11.3. The third-order valence-corrected chi connectivity index (χ3v) is 3.04. The zero-order chi connectivity index (χ0) is 12.0. The van der Waals surface area contributed by atoms with Crippen molar-refractivity contribution in [2.75, 3.05) is 20.8 Å². The summed E-state index contributed by atoms with van der Waals surface area (Å²) in [6.07, 6.45) is 1.95. The van der Waals surface area contributed by atoms with Gasteiger partial charge in [-0.15, -0.1) is 0 Å². The molecule has 0 aromatic heterocycles. The largest absolute Gasteiger partial charge is 0.496 e. The number of nitrogens with two attached hydrogens (primary N) is 1. The zero-order valence-electron chi connectivity index (χ0n) is 9.75. The molecule has 0 aliphatic heterocycles. The topological polar surface area (TPSA) is 44.5 Å². The minimum atomic E-state index is 0.601. The van der Waals surface area contributed by atoms with Gasteiger partial charge in [-0.25, -0.2) is 0 Å². The van der Waals surface area contributed by atoms with Gasteiger partial charge in [0.25, 0.3) is 0 Å². The van der Waals surface area contributed by atoms with Crippen LogP contribution in [0.5, 0.6) is 5.75 Å². The van der Waals surface area contributed by atoms with Crippen molar-refractivity contribution >= 4 is 15.9 Å². The fourth-order valence-corrected chi connectivity index (χ4v) is 2.16. The van der Waals surface area contributed by atoms with Gasteiger partial charge in [0.1, 0.15) is 5.75 Å². The molecule has 0 amide bonds. The first-order chi connectivity index (χ1) is 7.72. The molecule has 0 fully saturated rings. The number of aryl methyl sites for hydroxylation is 1. The van der Waals surface area contributed by atoms with Gasteiger partial charge in [0.05, 0.1) is 18.2 Å². The minimum absolute atomic E-state index is 0.601. The molecule has 4 heteroatoms. The highest BCUT2D eigenvalue weighted by molar-refractivity contribution is 9.10. The van der Waals surface area contributed by atoms with Crippen molar-refractivity contribution in [2.24, 2.45) is 5.73 Å². The lowest BCUT2D eigenvalue weighted by molar-refractivity contribution is 0.184. The van der Waals surface area contributed by atoms with E-state index in [0.717, 1.165) is 28.6 Å². The average Bonchev–Trinajstić information content (AvgIpc) is 2.29. The van der Waals surface area contributed by atoms with Gasteiger partial charge in [0.2, 0.25) is 0 Å². The maximum atomic E-state index is 5.53. The second-order valence-electron chi connectivity index (χ2n) is 3.58. The summed E-state index contributed by atoms with van der Waals surface area (Å²) in [6.45, 7) is 1.31. The molecule has 0 saturated heterocycles. The van der Waals surface area contributed by atoms with Crippen LogP contribution in [0.2, 0.25) is 0 Å². The van der Waals surface area contributed by atoms with Gasteiger partial charge in [-0.2, -0.15) is 0 Å². The van der Waals surface area contributed by atoms with E-state index in [4.69, 9.17) is 15.2 Å². The van der Waals surface area contributed by atoms with E-state index in [2.05, 4.69) is 22.0 Å².